The molecule has 0 bridgehead atoms. The number of carbonyl (C=O) groups is 1. The van der Waals surface area contributed by atoms with Crippen molar-refractivity contribution in [3.8, 4) is 0 Å². The van der Waals surface area contributed by atoms with Crippen molar-refractivity contribution in [1.29, 1.82) is 0 Å². The van der Waals surface area contributed by atoms with Gasteiger partial charge in [-0.25, -0.2) is 8.93 Å². The number of hydrogen-bond donors (Lipinski definition) is 1. The molecule has 1 atom stereocenters. The molecule has 0 aliphatic heterocycles. The zero-order valence-corrected chi connectivity index (χ0v) is 15.0. The van der Waals surface area contributed by atoms with Crippen molar-refractivity contribution in [2.24, 2.45) is 5.41 Å². The first-order valence-corrected chi connectivity index (χ1v) is 9.33. The lowest BCUT2D eigenvalue weighted by atomic mass is 9.74. The van der Waals surface area contributed by atoms with Gasteiger partial charge in [-0.1, -0.05) is 0 Å². The van der Waals surface area contributed by atoms with Crippen LogP contribution in [0.4, 0.5) is 13.2 Å². The van der Waals surface area contributed by atoms with Crippen LogP contribution in [0.1, 0.15) is 45.1 Å². The summed E-state index contributed by atoms with van der Waals surface area (Å²) in [6, 6.07) is 4.24. The molecule has 0 saturated heterocycles. The third-order valence-corrected chi connectivity index (χ3v) is 5.77. The molecule has 1 N–H and O–H groups in total. The highest BCUT2D eigenvalue weighted by Gasteiger charge is 2.39. The highest BCUT2D eigenvalue weighted by molar-refractivity contribution is 7.83. The highest BCUT2D eigenvalue weighted by atomic mass is 32.2. The van der Waals surface area contributed by atoms with Gasteiger partial charge in [-0.3, -0.25) is 4.79 Å². The molecule has 4 nitrogen and oxygen atoms in total. The van der Waals surface area contributed by atoms with Crippen molar-refractivity contribution >= 4 is 17.0 Å². The maximum atomic E-state index is 12.6. The van der Waals surface area contributed by atoms with Crippen molar-refractivity contribution in [3.63, 3.8) is 0 Å². The molecule has 25 heavy (non-hydrogen) atoms. The van der Waals surface area contributed by atoms with E-state index in [0.717, 1.165) is 12.1 Å². The molecule has 0 spiro atoms. The Bertz CT molecular complexity index is 623. The van der Waals surface area contributed by atoms with Crippen LogP contribution < -0.4 is 4.72 Å². The fourth-order valence-corrected chi connectivity index (χ4v) is 3.93. The van der Waals surface area contributed by atoms with Crippen LogP contribution in [0.25, 0.3) is 0 Å². The van der Waals surface area contributed by atoms with Crippen molar-refractivity contribution in [1.82, 2.24) is 4.72 Å². The van der Waals surface area contributed by atoms with E-state index in [1.54, 1.807) is 6.92 Å². The van der Waals surface area contributed by atoms with Crippen molar-refractivity contribution in [3.05, 3.63) is 29.8 Å². The number of halogens is 3. The van der Waals surface area contributed by atoms with Gasteiger partial charge in [-0.15, -0.1) is 0 Å². The van der Waals surface area contributed by atoms with Crippen LogP contribution in [0.2, 0.25) is 0 Å². The summed E-state index contributed by atoms with van der Waals surface area (Å²) in [5.41, 5.74) is -1.29. The number of nitrogens with one attached hydrogen (secondary N) is 1. The predicted octanol–water partition coefficient (Wildman–Crippen LogP) is 3.83. The first-order chi connectivity index (χ1) is 11.7. The van der Waals surface area contributed by atoms with Gasteiger partial charge in [0.25, 0.3) is 0 Å². The fourth-order valence-electron chi connectivity index (χ4n) is 2.87. The number of carbonyl (C=O) groups excluding carboxylic acids is 1. The van der Waals surface area contributed by atoms with Crippen LogP contribution in [-0.2, 0) is 26.7 Å². The summed E-state index contributed by atoms with van der Waals surface area (Å²) in [7, 11) is -1.59. The third kappa shape index (κ3) is 5.04. The summed E-state index contributed by atoms with van der Waals surface area (Å²) in [4.78, 5) is 12.3. The van der Waals surface area contributed by atoms with Gasteiger partial charge in [0.15, 0.2) is 0 Å². The van der Waals surface area contributed by atoms with E-state index in [2.05, 4.69) is 4.72 Å². The summed E-state index contributed by atoms with van der Waals surface area (Å²) in [6.07, 6.45) is -1.86. The van der Waals surface area contributed by atoms with Crippen molar-refractivity contribution in [2.75, 3.05) is 6.61 Å². The lowest BCUT2D eigenvalue weighted by molar-refractivity contribution is -0.156. The Morgan fingerprint density at radius 2 is 1.84 bits per heavy atom. The van der Waals surface area contributed by atoms with Gasteiger partial charge in [0.1, 0.15) is 11.0 Å². The number of rotatable bonds is 5. The van der Waals surface area contributed by atoms with Gasteiger partial charge in [0, 0.05) is 6.04 Å². The maximum absolute atomic E-state index is 12.6. The predicted molar refractivity (Wildman–Crippen MR) is 88.0 cm³/mol. The highest BCUT2D eigenvalue weighted by Crippen LogP contribution is 2.37. The molecule has 1 unspecified atom stereocenters. The molecule has 1 saturated carbocycles. The Kier molecular flexibility index (Phi) is 6.26. The quantitative estimate of drug-likeness (QED) is 0.794. The Balaban J connectivity index is 1.91. The molecular weight excluding hydrogens is 355 g/mol. The second kappa shape index (κ2) is 7.86. The molecule has 0 radical (unpaired) electrons. The number of alkyl halides is 3. The lowest BCUT2D eigenvalue weighted by Gasteiger charge is -2.35. The standard InChI is InChI=1S/C17H22F3NO3S/c1-3-24-15(22)16(2)10-8-13(9-11-16)21-25(23)14-6-4-12(5-7-14)17(18,19)20/h4-7,13,21H,3,8-11H2,1-2H3. The monoisotopic (exact) mass is 377 g/mol. The zero-order chi connectivity index (χ0) is 18.7. The van der Waals surface area contributed by atoms with E-state index in [1.807, 2.05) is 6.92 Å². The number of hydrogen-bond acceptors (Lipinski definition) is 3. The van der Waals surface area contributed by atoms with Crippen LogP contribution in [0.3, 0.4) is 0 Å². The molecule has 8 heteroatoms. The molecule has 0 aromatic heterocycles. The van der Waals surface area contributed by atoms with Gasteiger partial charge < -0.3 is 4.74 Å². The van der Waals surface area contributed by atoms with E-state index in [-0.39, 0.29) is 12.0 Å². The molecule has 1 aromatic rings. The normalized spacial score (nSPS) is 25.4. The van der Waals surface area contributed by atoms with E-state index in [1.165, 1.54) is 12.1 Å². The summed E-state index contributed by atoms with van der Waals surface area (Å²) in [5.74, 6) is -0.211. The molecule has 1 fully saturated rings. The second-order valence-corrected chi connectivity index (χ2v) is 7.71. The Hall–Kier alpha value is -1.41. The Morgan fingerprint density at radius 1 is 1.28 bits per heavy atom. The molecule has 1 aliphatic rings. The molecule has 0 amide bonds. The molecule has 0 heterocycles. The summed E-state index contributed by atoms with van der Waals surface area (Å²) >= 11 is 0. The number of benzene rings is 1. The third-order valence-electron chi connectivity index (χ3n) is 4.53. The number of esters is 1. The maximum Gasteiger partial charge on any atom is 0.416 e. The van der Waals surface area contributed by atoms with Crippen LogP contribution >= 0.6 is 0 Å². The topological polar surface area (TPSA) is 55.4 Å². The Morgan fingerprint density at radius 3 is 2.32 bits per heavy atom. The van der Waals surface area contributed by atoms with Gasteiger partial charge in [0.2, 0.25) is 0 Å². The number of ether oxygens (including phenoxy) is 1. The van der Waals surface area contributed by atoms with E-state index in [0.29, 0.717) is 37.2 Å². The van der Waals surface area contributed by atoms with Crippen LogP contribution in [0.15, 0.2) is 29.2 Å². The van der Waals surface area contributed by atoms with Crippen molar-refractivity contribution < 1.29 is 26.9 Å². The minimum atomic E-state index is -4.41. The average molecular weight is 377 g/mol. The molecular formula is C17H22F3NO3S. The zero-order valence-electron chi connectivity index (χ0n) is 14.2. The van der Waals surface area contributed by atoms with E-state index >= 15 is 0 Å². The molecule has 2 rings (SSSR count). The van der Waals surface area contributed by atoms with Gasteiger partial charge in [0.05, 0.1) is 22.5 Å². The molecule has 1 aromatic carbocycles. The second-order valence-electron chi connectivity index (χ2n) is 6.46. The van der Waals surface area contributed by atoms with E-state index in [4.69, 9.17) is 4.74 Å². The smallest absolute Gasteiger partial charge is 0.416 e. The van der Waals surface area contributed by atoms with Crippen LogP contribution in [0, 0.1) is 5.41 Å². The van der Waals surface area contributed by atoms with Crippen LogP contribution in [0.5, 0.6) is 0 Å². The fraction of sp³-hybridized carbons (Fsp3) is 0.588. The lowest BCUT2D eigenvalue weighted by Crippen LogP contribution is -2.41. The first-order valence-electron chi connectivity index (χ1n) is 8.18. The SMILES string of the molecule is CCOC(=O)C1(C)CCC(NS(=O)c2ccc(C(F)(F)F)cc2)CC1. The summed E-state index contributed by atoms with van der Waals surface area (Å²) in [6.45, 7) is 3.98. The summed E-state index contributed by atoms with van der Waals surface area (Å²) in [5, 5.41) is 0. The first kappa shape index (κ1) is 19.9. The molecule has 140 valence electrons. The van der Waals surface area contributed by atoms with Crippen LogP contribution in [-0.4, -0.2) is 22.8 Å². The van der Waals surface area contributed by atoms with E-state index in [9.17, 15) is 22.2 Å². The van der Waals surface area contributed by atoms with Gasteiger partial charge >= 0.3 is 12.1 Å². The van der Waals surface area contributed by atoms with E-state index < -0.39 is 28.1 Å². The van der Waals surface area contributed by atoms with Crippen molar-refractivity contribution in [2.45, 2.75) is 56.6 Å². The van der Waals surface area contributed by atoms with Gasteiger partial charge in [-0.2, -0.15) is 13.2 Å². The Labute approximate surface area is 147 Å². The average Bonchev–Trinajstić information content (AvgIpc) is 2.56. The molecule has 1 aliphatic carbocycles. The largest absolute Gasteiger partial charge is 0.466 e. The minimum Gasteiger partial charge on any atom is -0.466 e. The minimum absolute atomic E-state index is 0.0503. The summed E-state index contributed by atoms with van der Waals surface area (Å²) < 4.78 is 58.0. The van der Waals surface area contributed by atoms with Gasteiger partial charge in [-0.05, 0) is 63.8 Å².